The minimum atomic E-state index is -0.730. The number of hydrogen-bond acceptors (Lipinski definition) is 5. The summed E-state index contributed by atoms with van der Waals surface area (Å²) in [4.78, 5) is 24.6. The number of esters is 1. The Morgan fingerprint density at radius 1 is 1.09 bits per heavy atom. The molecule has 0 bridgehead atoms. The van der Waals surface area contributed by atoms with Crippen molar-refractivity contribution in [2.75, 3.05) is 12.8 Å². The molecular weight excluding hydrogens is 282 g/mol. The van der Waals surface area contributed by atoms with Crippen molar-refractivity contribution < 1.29 is 13.9 Å². The summed E-state index contributed by atoms with van der Waals surface area (Å²) in [6, 6.07) is 13.5. The molecule has 2 aromatic carbocycles. The lowest BCUT2D eigenvalue weighted by molar-refractivity contribution is 0.0598. The fourth-order valence-electron chi connectivity index (χ4n) is 2.27. The number of nitrogen functional groups attached to an aromatic ring is 1. The molecule has 0 unspecified atom stereocenters. The lowest BCUT2D eigenvalue weighted by Gasteiger charge is -2.09. The Kier molecular flexibility index (Phi) is 3.39. The third kappa shape index (κ3) is 2.22. The Bertz CT molecular complexity index is 910. The van der Waals surface area contributed by atoms with Gasteiger partial charge in [-0.2, -0.15) is 0 Å². The van der Waals surface area contributed by atoms with Gasteiger partial charge in [-0.15, -0.1) is 0 Å². The number of rotatable bonds is 2. The highest BCUT2D eigenvalue weighted by atomic mass is 16.5. The van der Waals surface area contributed by atoms with Crippen molar-refractivity contribution in [3.63, 3.8) is 0 Å². The quantitative estimate of drug-likeness (QED) is 0.580. The number of ether oxygens (including phenoxy) is 1. The molecule has 0 saturated heterocycles. The second kappa shape index (κ2) is 5.37. The molecule has 5 heteroatoms. The number of methoxy groups -OCH3 is 1. The van der Waals surface area contributed by atoms with Crippen molar-refractivity contribution in [1.29, 1.82) is 0 Å². The summed E-state index contributed by atoms with van der Waals surface area (Å²) in [6.07, 6.45) is 0. The molecule has 2 N–H and O–H groups in total. The van der Waals surface area contributed by atoms with Crippen molar-refractivity contribution >= 4 is 22.6 Å². The lowest BCUT2D eigenvalue weighted by Crippen LogP contribution is -2.18. The third-order valence-corrected chi connectivity index (χ3v) is 3.36. The molecule has 5 nitrogen and oxygen atoms in total. The Labute approximate surface area is 125 Å². The van der Waals surface area contributed by atoms with Gasteiger partial charge in [-0.25, -0.2) is 4.79 Å². The Morgan fingerprint density at radius 2 is 1.77 bits per heavy atom. The molecule has 1 aromatic heterocycles. The summed E-state index contributed by atoms with van der Waals surface area (Å²) in [5.74, 6) is -0.554. The smallest absolute Gasteiger partial charge is 0.345 e. The van der Waals surface area contributed by atoms with E-state index in [-0.39, 0.29) is 11.3 Å². The zero-order valence-corrected chi connectivity index (χ0v) is 11.8. The van der Waals surface area contributed by atoms with Gasteiger partial charge in [0, 0.05) is 11.3 Å². The normalized spacial score (nSPS) is 10.6. The average molecular weight is 295 g/mol. The molecule has 0 saturated carbocycles. The van der Waals surface area contributed by atoms with E-state index in [0.29, 0.717) is 22.2 Å². The standard InChI is InChI=1S/C17H13NO4/c1-21-17(20)14-15(19)12-4-2-3-5-13(12)22-16(14)10-6-8-11(18)9-7-10/h2-9H,18H2,1H3. The Balaban J connectivity index is 2.39. The number of carbonyl (C=O) groups excluding carboxylic acids is 1. The van der Waals surface area contributed by atoms with Gasteiger partial charge in [-0.1, -0.05) is 12.1 Å². The van der Waals surface area contributed by atoms with E-state index in [0.717, 1.165) is 0 Å². The van der Waals surface area contributed by atoms with Gasteiger partial charge in [0.2, 0.25) is 5.43 Å². The van der Waals surface area contributed by atoms with Crippen LogP contribution >= 0.6 is 0 Å². The van der Waals surface area contributed by atoms with E-state index in [2.05, 4.69) is 0 Å². The van der Waals surface area contributed by atoms with E-state index in [1.54, 1.807) is 48.5 Å². The minimum absolute atomic E-state index is 0.119. The molecule has 0 aliphatic heterocycles. The van der Waals surface area contributed by atoms with Gasteiger partial charge in [0.05, 0.1) is 12.5 Å². The van der Waals surface area contributed by atoms with Crippen LogP contribution in [0.3, 0.4) is 0 Å². The van der Waals surface area contributed by atoms with Gasteiger partial charge >= 0.3 is 5.97 Å². The van der Waals surface area contributed by atoms with Crippen LogP contribution in [0, 0.1) is 0 Å². The number of anilines is 1. The van der Waals surface area contributed by atoms with Gasteiger partial charge in [-0.3, -0.25) is 4.79 Å². The van der Waals surface area contributed by atoms with Crippen LogP contribution in [0.2, 0.25) is 0 Å². The molecule has 0 amide bonds. The predicted octanol–water partition coefficient (Wildman–Crippen LogP) is 2.83. The highest BCUT2D eigenvalue weighted by Gasteiger charge is 2.22. The highest BCUT2D eigenvalue weighted by Crippen LogP contribution is 2.27. The molecule has 3 rings (SSSR count). The summed E-state index contributed by atoms with van der Waals surface area (Å²) in [5.41, 5.74) is 6.70. The van der Waals surface area contributed by atoms with Crippen LogP contribution in [0.5, 0.6) is 0 Å². The zero-order chi connectivity index (χ0) is 15.7. The van der Waals surface area contributed by atoms with Gasteiger partial charge in [0.15, 0.2) is 11.3 Å². The van der Waals surface area contributed by atoms with Crippen LogP contribution in [0.4, 0.5) is 5.69 Å². The molecule has 0 aliphatic rings. The van der Waals surface area contributed by atoms with Gasteiger partial charge in [-0.05, 0) is 36.4 Å². The van der Waals surface area contributed by atoms with Crippen LogP contribution in [0.1, 0.15) is 10.4 Å². The van der Waals surface area contributed by atoms with E-state index in [9.17, 15) is 9.59 Å². The molecule has 22 heavy (non-hydrogen) atoms. The monoisotopic (exact) mass is 295 g/mol. The first-order valence-corrected chi connectivity index (χ1v) is 6.62. The van der Waals surface area contributed by atoms with Crippen molar-refractivity contribution in [2.45, 2.75) is 0 Å². The Hall–Kier alpha value is -3.08. The van der Waals surface area contributed by atoms with Crippen molar-refractivity contribution in [3.05, 3.63) is 64.3 Å². The maximum atomic E-state index is 12.6. The largest absolute Gasteiger partial charge is 0.465 e. The summed E-state index contributed by atoms with van der Waals surface area (Å²) >= 11 is 0. The fourth-order valence-corrected chi connectivity index (χ4v) is 2.27. The molecular formula is C17H13NO4. The number of fused-ring (bicyclic) bond motifs is 1. The summed E-state index contributed by atoms with van der Waals surface area (Å²) in [6.45, 7) is 0. The van der Waals surface area contributed by atoms with Gasteiger partial charge in [0.25, 0.3) is 0 Å². The Morgan fingerprint density at radius 3 is 2.45 bits per heavy atom. The van der Waals surface area contributed by atoms with Crippen LogP contribution in [-0.2, 0) is 4.74 Å². The van der Waals surface area contributed by atoms with Gasteiger partial charge in [0.1, 0.15) is 5.58 Å². The fraction of sp³-hybridized carbons (Fsp3) is 0.0588. The predicted molar refractivity (Wildman–Crippen MR) is 83.7 cm³/mol. The molecule has 0 aliphatic carbocycles. The van der Waals surface area contributed by atoms with Crippen LogP contribution < -0.4 is 11.2 Å². The SMILES string of the molecule is COC(=O)c1c(-c2ccc(N)cc2)oc2ccccc2c1=O. The van der Waals surface area contributed by atoms with Crippen molar-refractivity contribution in [3.8, 4) is 11.3 Å². The average Bonchev–Trinajstić information content (AvgIpc) is 2.55. The van der Waals surface area contributed by atoms with E-state index >= 15 is 0 Å². The van der Waals surface area contributed by atoms with E-state index in [1.165, 1.54) is 7.11 Å². The highest BCUT2D eigenvalue weighted by molar-refractivity contribution is 5.99. The summed E-state index contributed by atoms with van der Waals surface area (Å²) in [7, 11) is 1.23. The van der Waals surface area contributed by atoms with Crippen LogP contribution in [0.25, 0.3) is 22.3 Å². The molecule has 0 spiro atoms. The number of para-hydroxylation sites is 1. The van der Waals surface area contributed by atoms with Crippen molar-refractivity contribution in [2.24, 2.45) is 0 Å². The summed E-state index contributed by atoms with van der Waals surface area (Å²) < 4.78 is 10.5. The lowest BCUT2D eigenvalue weighted by atomic mass is 10.0. The second-order valence-corrected chi connectivity index (χ2v) is 4.75. The van der Waals surface area contributed by atoms with Gasteiger partial charge < -0.3 is 14.9 Å². The molecule has 0 radical (unpaired) electrons. The van der Waals surface area contributed by atoms with Crippen molar-refractivity contribution in [1.82, 2.24) is 0 Å². The minimum Gasteiger partial charge on any atom is -0.465 e. The summed E-state index contributed by atoms with van der Waals surface area (Å²) in [5, 5.41) is 0.335. The van der Waals surface area contributed by atoms with E-state index in [1.807, 2.05) is 0 Å². The molecule has 110 valence electrons. The first-order valence-electron chi connectivity index (χ1n) is 6.62. The first-order chi connectivity index (χ1) is 10.6. The maximum absolute atomic E-state index is 12.6. The zero-order valence-electron chi connectivity index (χ0n) is 11.8. The number of nitrogens with two attached hydrogens (primary N) is 1. The number of carbonyl (C=O) groups is 1. The van der Waals surface area contributed by atoms with Crippen LogP contribution in [0.15, 0.2) is 57.7 Å². The first kappa shape index (κ1) is 13.9. The van der Waals surface area contributed by atoms with Crippen LogP contribution in [-0.4, -0.2) is 13.1 Å². The second-order valence-electron chi connectivity index (χ2n) is 4.75. The molecule has 1 heterocycles. The molecule has 3 aromatic rings. The van der Waals surface area contributed by atoms with E-state index in [4.69, 9.17) is 14.9 Å². The van der Waals surface area contributed by atoms with E-state index < -0.39 is 11.4 Å². The number of hydrogen-bond donors (Lipinski definition) is 1. The number of benzene rings is 2. The molecule has 0 fully saturated rings. The topological polar surface area (TPSA) is 82.5 Å². The molecule has 0 atom stereocenters. The maximum Gasteiger partial charge on any atom is 0.345 e. The third-order valence-electron chi connectivity index (χ3n) is 3.36.